The molecule has 1 N–H and O–H groups in total. The zero-order valence-corrected chi connectivity index (χ0v) is 23.1. The number of rotatable bonds is 12. The molecule has 206 valence electrons. The van der Waals surface area contributed by atoms with Gasteiger partial charge in [-0.2, -0.15) is 0 Å². The van der Waals surface area contributed by atoms with Crippen LogP contribution in [0, 0.1) is 0 Å². The SMILES string of the molecule is CC(C)(O)CCCCC=Cc1cccc(C=Cc2cc(OC3CCCCO3)cc(OC3CCCCO3)c2)c1. The Morgan fingerprint density at radius 3 is 1.97 bits per heavy atom. The minimum atomic E-state index is -0.573. The summed E-state index contributed by atoms with van der Waals surface area (Å²) < 4.78 is 24.0. The second-order valence-corrected chi connectivity index (χ2v) is 11.0. The minimum absolute atomic E-state index is 0.208. The highest BCUT2D eigenvalue weighted by molar-refractivity contribution is 5.72. The Bertz CT molecular complexity index is 1000. The van der Waals surface area contributed by atoms with Crippen LogP contribution in [0.3, 0.4) is 0 Å². The van der Waals surface area contributed by atoms with E-state index < -0.39 is 5.60 Å². The van der Waals surface area contributed by atoms with Gasteiger partial charge in [0.15, 0.2) is 12.6 Å². The predicted molar refractivity (Wildman–Crippen MR) is 154 cm³/mol. The van der Waals surface area contributed by atoms with Crippen molar-refractivity contribution in [2.45, 2.75) is 96.2 Å². The third kappa shape index (κ3) is 10.3. The van der Waals surface area contributed by atoms with E-state index in [2.05, 4.69) is 48.6 Å². The highest BCUT2D eigenvalue weighted by atomic mass is 16.7. The lowest BCUT2D eigenvalue weighted by Crippen LogP contribution is -2.26. The lowest BCUT2D eigenvalue weighted by Gasteiger charge is -2.25. The van der Waals surface area contributed by atoms with Gasteiger partial charge in [0.05, 0.1) is 18.8 Å². The molecule has 5 nitrogen and oxygen atoms in total. The number of aliphatic hydroxyl groups is 1. The van der Waals surface area contributed by atoms with Crippen molar-refractivity contribution in [3.05, 3.63) is 65.2 Å². The topological polar surface area (TPSA) is 57.2 Å². The van der Waals surface area contributed by atoms with Crippen molar-refractivity contribution in [1.29, 1.82) is 0 Å². The summed E-state index contributed by atoms with van der Waals surface area (Å²) in [5.41, 5.74) is 2.75. The van der Waals surface area contributed by atoms with E-state index in [4.69, 9.17) is 18.9 Å². The molecule has 0 radical (unpaired) electrons. The molecule has 2 aromatic carbocycles. The molecule has 0 amide bonds. The number of unbranched alkanes of at least 4 members (excludes halogenated alkanes) is 2. The third-order valence-electron chi connectivity index (χ3n) is 6.81. The van der Waals surface area contributed by atoms with E-state index in [0.717, 1.165) is 100 Å². The highest BCUT2D eigenvalue weighted by Gasteiger charge is 2.18. The minimum Gasteiger partial charge on any atom is -0.465 e. The van der Waals surface area contributed by atoms with Crippen LogP contribution < -0.4 is 9.47 Å². The zero-order chi connectivity index (χ0) is 26.6. The summed E-state index contributed by atoms with van der Waals surface area (Å²) in [7, 11) is 0. The summed E-state index contributed by atoms with van der Waals surface area (Å²) in [5, 5.41) is 9.84. The number of hydrogen-bond donors (Lipinski definition) is 1. The van der Waals surface area contributed by atoms with Gasteiger partial charge in [-0.05, 0) is 93.7 Å². The van der Waals surface area contributed by atoms with Crippen molar-refractivity contribution in [3.63, 3.8) is 0 Å². The molecule has 0 bridgehead atoms. The predicted octanol–water partition coefficient (Wildman–Crippen LogP) is 8.01. The van der Waals surface area contributed by atoms with Gasteiger partial charge < -0.3 is 24.1 Å². The fraction of sp³-hybridized carbons (Fsp3) is 0.515. The van der Waals surface area contributed by atoms with E-state index in [1.807, 2.05) is 32.0 Å². The molecular weight excluding hydrogens is 476 g/mol. The van der Waals surface area contributed by atoms with Crippen molar-refractivity contribution in [2.24, 2.45) is 0 Å². The molecule has 4 rings (SSSR count). The largest absolute Gasteiger partial charge is 0.465 e. The van der Waals surface area contributed by atoms with Crippen molar-refractivity contribution in [1.82, 2.24) is 0 Å². The normalized spacial score (nSPS) is 20.7. The van der Waals surface area contributed by atoms with Crippen LogP contribution in [-0.4, -0.2) is 36.5 Å². The van der Waals surface area contributed by atoms with Gasteiger partial charge in [0.1, 0.15) is 11.5 Å². The van der Waals surface area contributed by atoms with Gasteiger partial charge >= 0.3 is 0 Å². The summed E-state index contributed by atoms with van der Waals surface area (Å²) in [5.74, 6) is 1.51. The van der Waals surface area contributed by atoms with E-state index in [9.17, 15) is 5.11 Å². The second-order valence-electron chi connectivity index (χ2n) is 11.0. The molecule has 2 aromatic rings. The molecule has 0 aromatic heterocycles. The van der Waals surface area contributed by atoms with E-state index in [-0.39, 0.29) is 12.6 Å². The summed E-state index contributed by atoms with van der Waals surface area (Å²) in [6.45, 7) is 5.23. The Kier molecular flexibility index (Phi) is 10.9. The second kappa shape index (κ2) is 14.5. The first-order valence-electron chi connectivity index (χ1n) is 14.3. The van der Waals surface area contributed by atoms with Crippen LogP contribution in [0.2, 0.25) is 0 Å². The van der Waals surface area contributed by atoms with Gasteiger partial charge in [0.25, 0.3) is 0 Å². The van der Waals surface area contributed by atoms with Crippen LogP contribution >= 0.6 is 0 Å². The van der Waals surface area contributed by atoms with Crippen LogP contribution in [0.4, 0.5) is 0 Å². The Morgan fingerprint density at radius 2 is 1.39 bits per heavy atom. The van der Waals surface area contributed by atoms with E-state index >= 15 is 0 Å². The highest BCUT2D eigenvalue weighted by Crippen LogP contribution is 2.29. The van der Waals surface area contributed by atoms with Gasteiger partial charge in [-0.3, -0.25) is 0 Å². The third-order valence-corrected chi connectivity index (χ3v) is 6.81. The molecule has 2 heterocycles. The fourth-order valence-electron chi connectivity index (χ4n) is 4.74. The van der Waals surface area contributed by atoms with Crippen molar-refractivity contribution in [2.75, 3.05) is 13.2 Å². The van der Waals surface area contributed by atoms with Crippen LogP contribution in [0.25, 0.3) is 18.2 Å². The van der Waals surface area contributed by atoms with Gasteiger partial charge in [0.2, 0.25) is 0 Å². The molecule has 2 aliphatic heterocycles. The maximum absolute atomic E-state index is 9.84. The Balaban J connectivity index is 1.41. The standard InChI is InChI=1S/C33H44O5/c1-33(2,34)19-8-4-3-5-12-26-13-11-14-27(22-26)17-18-28-23-29(37-31-15-6-9-20-35-31)25-30(24-28)38-32-16-7-10-21-36-32/h5,11-14,17-18,22-25,31-32,34H,3-4,6-10,15-16,19-21H2,1-2H3. The molecular formula is C33H44O5. The van der Waals surface area contributed by atoms with Crippen molar-refractivity contribution < 1.29 is 24.1 Å². The lowest BCUT2D eigenvalue weighted by atomic mass is 10.0. The van der Waals surface area contributed by atoms with Gasteiger partial charge in [-0.15, -0.1) is 0 Å². The van der Waals surface area contributed by atoms with E-state index in [0.29, 0.717) is 0 Å². The fourth-order valence-corrected chi connectivity index (χ4v) is 4.74. The Labute approximate surface area is 228 Å². The quantitative estimate of drug-likeness (QED) is 0.227. The molecule has 2 saturated heterocycles. The average molecular weight is 521 g/mol. The van der Waals surface area contributed by atoms with Crippen LogP contribution in [-0.2, 0) is 9.47 Å². The summed E-state index contributed by atoms with van der Waals surface area (Å²) in [4.78, 5) is 0. The molecule has 0 aliphatic carbocycles. The van der Waals surface area contributed by atoms with Gasteiger partial charge in [-0.25, -0.2) is 0 Å². The maximum atomic E-state index is 9.84. The van der Waals surface area contributed by atoms with Crippen molar-refractivity contribution in [3.8, 4) is 11.5 Å². The molecule has 0 spiro atoms. The van der Waals surface area contributed by atoms with Crippen LogP contribution in [0.15, 0.2) is 48.5 Å². The lowest BCUT2D eigenvalue weighted by molar-refractivity contribution is -0.109. The van der Waals surface area contributed by atoms with Gasteiger partial charge in [0, 0.05) is 18.9 Å². The Hall–Kier alpha value is -2.60. The van der Waals surface area contributed by atoms with Crippen LogP contribution in [0.1, 0.15) is 94.7 Å². The molecule has 2 fully saturated rings. The van der Waals surface area contributed by atoms with E-state index in [1.165, 1.54) is 5.56 Å². The first kappa shape index (κ1) is 28.4. The summed E-state index contributed by atoms with van der Waals surface area (Å²) >= 11 is 0. The average Bonchev–Trinajstić information content (AvgIpc) is 2.90. The Morgan fingerprint density at radius 1 is 0.789 bits per heavy atom. The molecule has 38 heavy (non-hydrogen) atoms. The summed E-state index contributed by atoms with van der Waals surface area (Å²) in [6, 6.07) is 14.5. The maximum Gasteiger partial charge on any atom is 0.199 e. The smallest absolute Gasteiger partial charge is 0.199 e. The number of ether oxygens (including phenoxy) is 4. The first-order valence-corrected chi connectivity index (χ1v) is 14.3. The summed E-state index contributed by atoms with van der Waals surface area (Å²) in [6.07, 6.45) is 18.4. The molecule has 2 unspecified atom stereocenters. The first-order chi connectivity index (χ1) is 18.4. The molecule has 0 saturated carbocycles. The molecule has 2 atom stereocenters. The van der Waals surface area contributed by atoms with Crippen molar-refractivity contribution >= 4 is 18.2 Å². The number of hydrogen-bond acceptors (Lipinski definition) is 5. The number of benzene rings is 2. The molecule has 5 heteroatoms. The molecule has 2 aliphatic rings. The van der Waals surface area contributed by atoms with E-state index in [1.54, 1.807) is 0 Å². The monoisotopic (exact) mass is 520 g/mol. The zero-order valence-electron chi connectivity index (χ0n) is 23.1. The van der Waals surface area contributed by atoms with Crippen LogP contribution in [0.5, 0.6) is 11.5 Å². The van der Waals surface area contributed by atoms with Gasteiger partial charge in [-0.1, -0.05) is 48.9 Å². The number of allylic oxidation sites excluding steroid dienone is 1.